The summed E-state index contributed by atoms with van der Waals surface area (Å²) in [6, 6.07) is 14.5. The molecule has 0 unspecified atom stereocenters. The normalized spacial score (nSPS) is 14.8. The van der Waals surface area contributed by atoms with Crippen molar-refractivity contribution in [1.82, 2.24) is 20.4 Å². The first-order chi connectivity index (χ1) is 16.1. The van der Waals surface area contributed by atoms with Gasteiger partial charge in [-0.1, -0.05) is 42.1 Å². The maximum atomic E-state index is 12.9. The molecule has 9 nitrogen and oxygen atoms in total. The summed E-state index contributed by atoms with van der Waals surface area (Å²) in [4.78, 5) is 29.8. The van der Waals surface area contributed by atoms with Crippen molar-refractivity contribution in [3.63, 3.8) is 0 Å². The summed E-state index contributed by atoms with van der Waals surface area (Å²) >= 11 is 1.49. The standard InChI is InChI=1S/C23H20N4O5S/c1-27-11-10-24-23(27)33-13-15-14-6-2-3-7-16(14)32-20(15)22(29)26-25-21(28)19-12-30-17-8-4-5-9-18(17)31-19/h2-11,19H,12-13H2,1H3,(H,25,28)(H,26,29)/t19-/m0/s1. The van der Waals surface area contributed by atoms with Gasteiger partial charge in [0.25, 0.3) is 5.91 Å². The van der Waals surface area contributed by atoms with Crippen molar-refractivity contribution in [1.29, 1.82) is 0 Å². The summed E-state index contributed by atoms with van der Waals surface area (Å²) in [6.07, 6.45) is 2.68. The van der Waals surface area contributed by atoms with Crippen LogP contribution in [0.15, 0.2) is 70.5 Å². The van der Waals surface area contributed by atoms with Crippen molar-refractivity contribution < 1.29 is 23.5 Å². The zero-order valence-corrected chi connectivity index (χ0v) is 18.4. The van der Waals surface area contributed by atoms with Gasteiger partial charge in [0.2, 0.25) is 6.10 Å². The van der Waals surface area contributed by atoms with Crippen LogP contribution in [-0.4, -0.2) is 34.1 Å². The molecule has 4 aromatic rings. The first kappa shape index (κ1) is 21.0. The predicted molar refractivity (Wildman–Crippen MR) is 121 cm³/mol. The van der Waals surface area contributed by atoms with E-state index < -0.39 is 17.9 Å². The number of hydrogen-bond acceptors (Lipinski definition) is 7. The van der Waals surface area contributed by atoms with Crippen LogP contribution in [0.4, 0.5) is 0 Å². The van der Waals surface area contributed by atoms with Gasteiger partial charge in [0.05, 0.1) is 0 Å². The number of furan rings is 1. The molecule has 1 aliphatic heterocycles. The number of hydrogen-bond donors (Lipinski definition) is 2. The molecule has 168 valence electrons. The third-order valence-electron chi connectivity index (χ3n) is 5.13. The molecular formula is C23H20N4O5S. The molecule has 0 aliphatic carbocycles. The molecule has 0 radical (unpaired) electrons. The predicted octanol–water partition coefficient (Wildman–Crippen LogP) is 3.06. The lowest BCUT2D eigenvalue weighted by molar-refractivity contribution is -0.131. The Bertz CT molecular complexity index is 1330. The molecule has 1 atom stereocenters. The summed E-state index contributed by atoms with van der Waals surface area (Å²) < 4.78 is 19.0. The number of benzene rings is 2. The van der Waals surface area contributed by atoms with Crippen LogP contribution < -0.4 is 20.3 Å². The van der Waals surface area contributed by atoms with E-state index >= 15 is 0 Å². The first-order valence-electron chi connectivity index (χ1n) is 10.2. The summed E-state index contributed by atoms with van der Waals surface area (Å²) in [6.45, 7) is 0.0366. The fourth-order valence-corrected chi connectivity index (χ4v) is 4.42. The minimum atomic E-state index is -0.894. The van der Waals surface area contributed by atoms with E-state index in [4.69, 9.17) is 13.9 Å². The number of hydrazine groups is 1. The Kier molecular flexibility index (Phi) is 5.66. The third-order valence-corrected chi connectivity index (χ3v) is 6.21. The molecule has 5 rings (SSSR count). The highest BCUT2D eigenvalue weighted by Crippen LogP contribution is 2.32. The lowest BCUT2D eigenvalue weighted by atomic mass is 10.1. The fourth-order valence-electron chi connectivity index (χ4n) is 3.46. The van der Waals surface area contributed by atoms with Gasteiger partial charge < -0.3 is 18.5 Å². The Hall–Kier alpha value is -3.92. The Morgan fingerprint density at radius 2 is 1.91 bits per heavy atom. The number of aryl methyl sites for hydroxylation is 1. The van der Waals surface area contributed by atoms with Crippen LogP contribution >= 0.6 is 11.8 Å². The quantitative estimate of drug-likeness (QED) is 0.345. The highest BCUT2D eigenvalue weighted by atomic mass is 32.2. The van der Waals surface area contributed by atoms with Gasteiger partial charge in [0.15, 0.2) is 22.4 Å². The van der Waals surface area contributed by atoms with Crippen molar-refractivity contribution in [2.75, 3.05) is 6.61 Å². The fraction of sp³-hybridized carbons (Fsp3) is 0.174. The molecule has 0 bridgehead atoms. The van der Waals surface area contributed by atoms with E-state index in [2.05, 4.69) is 15.8 Å². The number of imidazole rings is 1. The number of nitrogens with zero attached hydrogens (tertiary/aromatic N) is 2. The number of thioether (sulfide) groups is 1. The largest absolute Gasteiger partial charge is 0.485 e. The van der Waals surface area contributed by atoms with Crippen LogP contribution in [0, 0.1) is 0 Å². The van der Waals surface area contributed by atoms with Gasteiger partial charge in [0.1, 0.15) is 12.2 Å². The van der Waals surface area contributed by atoms with Crippen LogP contribution in [0.2, 0.25) is 0 Å². The topological polar surface area (TPSA) is 108 Å². The summed E-state index contributed by atoms with van der Waals surface area (Å²) in [5, 5.41) is 1.64. The van der Waals surface area contributed by atoms with E-state index in [1.807, 2.05) is 42.1 Å². The molecule has 2 amide bonds. The second-order valence-corrected chi connectivity index (χ2v) is 8.27. The molecule has 0 fully saturated rings. The highest BCUT2D eigenvalue weighted by molar-refractivity contribution is 7.98. The minimum absolute atomic E-state index is 0.0366. The number of nitrogens with one attached hydrogen (secondary N) is 2. The number of fused-ring (bicyclic) bond motifs is 2. The third kappa shape index (κ3) is 4.24. The molecule has 33 heavy (non-hydrogen) atoms. The minimum Gasteiger partial charge on any atom is -0.485 e. The number of para-hydroxylation sites is 3. The number of ether oxygens (including phenoxy) is 2. The summed E-state index contributed by atoms with van der Waals surface area (Å²) in [5.41, 5.74) is 6.14. The van der Waals surface area contributed by atoms with Gasteiger partial charge in [-0.25, -0.2) is 4.98 Å². The monoisotopic (exact) mass is 464 g/mol. The average Bonchev–Trinajstić information content (AvgIpc) is 3.43. The van der Waals surface area contributed by atoms with Crippen molar-refractivity contribution in [2.24, 2.45) is 7.05 Å². The Morgan fingerprint density at radius 1 is 1.12 bits per heavy atom. The maximum Gasteiger partial charge on any atom is 0.305 e. The number of amides is 2. The van der Waals surface area contributed by atoms with E-state index in [0.29, 0.717) is 22.8 Å². The molecule has 2 aromatic heterocycles. The number of rotatable bonds is 5. The first-order valence-corrected chi connectivity index (χ1v) is 11.2. The molecule has 0 saturated heterocycles. The van der Waals surface area contributed by atoms with Crippen LogP contribution in [0.25, 0.3) is 11.0 Å². The zero-order chi connectivity index (χ0) is 22.8. The van der Waals surface area contributed by atoms with E-state index in [0.717, 1.165) is 16.1 Å². The SMILES string of the molecule is Cn1ccnc1SCc1c(C(=O)NNC(=O)[C@@H]2COc3ccccc3O2)oc2ccccc12. The van der Waals surface area contributed by atoms with Gasteiger partial charge in [-0.05, 0) is 18.2 Å². The molecular weight excluding hydrogens is 444 g/mol. The van der Waals surface area contributed by atoms with E-state index in [-0.39, 0.29) is 12.4 Å². The Labute approximate surface area is 193 Å². The van der Waals surface area contributed by atoms with Crippen molar-refractivity contribution in [2.45, 2.75) is 17.0 Å². The van der Waals surface area contributed by atoms with Gasteiger partial charge in [-0.15, -0.1) is 0 Å². The number of carbonyl (C=O) groups is 2. The van der Waals surface area contributed by atoms with Gasteiger partial charge in [-0.2, -0.15) is 0 Å². The van der Waals surface area contributed by atoms with Gasteiger partial charge in [-0.3, -0.25) is 20.4 Å². The van der Waals surface area contributed by atoms with Gasteiger partial charge in [0, 0.05) is 36.1 Å². The van der Waals surface area contributed by atoms with Crippen LogP contribution in [-0.2, 0) is 17.6 Å². The second kappa shape index (κ2) is 8.91. The van der Waals surface area contributed by atoms with Crippen molar-refractivity contribution in [3.05, 3.63) is 72.2 Å². The van der Waals surface area contributed by atoms with Crippen molar-refractivity contribution in [3.8, 4) is 11.5 Å². The van der Waals surface area contributed by atoms with E-state index in [1.54, 1.807) is 30.5 Å². The van der Waals surface area contributed by atoms with Gasteiger partial charge >= 0.3 is 5.91 Å². The van der Waals surface area contributed by atoms with Crippen LogP contribution in [0.5, 0.6) is 11.5 Å². The molecule has 2 aromatic carbocycles. The van der Waals surface area contributed by atoms with Crippen LogP contribution in [0.3, 0.4) is 0 Å². The molecule has 10 heteroatoms. The molecule has 3 heterocycles. The second-order valence-electron chi connectivity index (χ2n) is 7.32. The van der Waals surface area contributed by atoms with Crippen LogP contribution in [0.1, 0.15) is 16.1 Å². The number of aromatic nitrogens is 2. The smallest absolute Gasteiger partial charge is 0.305 e. The summed E-state index contributed by atoms with van der Waals surface area (Å²) in [5.74, 6) is 0.549. The van der Waals surface area contributed by atoms with E-state index in [9.17, 15) is 9.59 Å². The molecule has 1 aliphatic rings. The number of carbonyl (C=O) groups excluding carboxylic acids is 2. The maximum absolute atomic E-state index is 12.9. The zero-order valence-electron chi connectivity index (χ0n) is 17.6. The Balaban J connectivity index is 1.29. The lowest BCUT2D eigenvalue weighted by Gasteiger charge is -2.25. The average molecular weight is 465 g/mol. The highest BCUT2D eigenvalue weighted by Gasteiger charge is 2.28. The van der Waals surface area contributed by atoms with Crippen molar-refractivity contribution >= 4 is 34.5 Å². The summed E-state index contributed by atoms with van der Waals surface area (Å²) in [7, 11) is 1.90. The Morgan fingerprint density at radius 3 is 2.73 bits per heavy atom. The van der Waals surface area contributed by atoms with E-state index in [1.165, 1.54) is 11.8 Å². The molecule has 2 N–H and O–H groups in total. The lowest BCUT2D eigenvalue weighted by Crippen LogP contribution is -2.50. The molecule has 0 saturated carbocycles. The molecule has 0 spiro atoms.